The van der Waals surface area contributed by atoms with Gasteiger partial charge in [0.05, 0.1) is 25.0 Å². The van der Waals surface area contributed by atoms with Gasteiger partial charge in [-0.15, -0.1) is 0 Å². The van der Waals surface area contributed by atoms with Crippen molar-refractivity contribution >= 4 is 52.2 Å². The maximum Gasteiger partial charge on any atom is 0.305 e. The zero-order valence-corrected chi connectivity index (χ0v) is 17.7. The lowest BCUT2D eigenvalue weighted by Gasteiger charge is -2.14. The van der Waals surface area contributed by atoms with Crippen molar-refractivity contribution in [2.24, 2.45) is 0 Å². The van der Waals surface area contributed by atoms with E-state index >= 15 is 0 Å². The summed E-state index contributed by atoms with van der Waals surface area (Å²) in [7, 11) is 1.54. The SMILES string of the molecule is CCOc1ccc(/C=C2/SC(=S)N(CCC(=O)NCCC(=O)O)C2=O)cc1OC. The van der Waals surface area contributed by atoms with E-state index in [0.717, 1.165) is 5.56 Å². The van der Waals surface area contributed by atoms with Gasteiger partial charge in [-0.05, 0) is 30.7 Å². The number of thiocarbonyl (C=S) groups is 1. The quantitative estimate of drug-likeness (QED) is 0.423. The second-order valence-corrected chi connectivity index (χ2v) is 7.60. The monoisotopic (exact) mass is 438 g/mol. The van der Waals surface area contributed by atoms with Gasteiger partial charge in [-0.3, -0.25) is 19.3 Å². The molecule has 0 saturated carbocycles. The molecule has 1 saturated heterocycles. The predicted octanol–water partition coefficient (Wildman–Crippen LogP) is 2.28. The van der Waals surface area contributed by atoms with Gasteiger partial charge in [0.2, 0.25) is 5.91 Å². The van der Waals surface area contributed by atoms with Gasteiger partial charge in [-0.25, -0.2) is 0 Å². The smallest absolute Gasteiger partial charge is 0.305 e. The van der Waals surface area contributed by atoms with Gasteiger partial charge in [0.15, 0.2) is 11.5 Å². The molecule has 2 amide bonds. The van der Waals surface area contributed by atoms with Gasteiger partial charge in [-0.1, -0.05) is 30.0 Å². The molecule has 8 nitrogen and oxygen atoms in total. The summed E-state index contributed by atoms with van der Waals surface area (Å²) < 4.78 is 11.2. The van der Waals surface area contributed by atoms with Crippen molar-refractivity contribution in [1.29, 1.82) is 0 Å². The normalized spacial score (nSPS) is 15.0. The number of rotatable bonds is 10. The van der Waals surface area contributed by atoms with E-state index in [9.17, 15) is 14.4 Å². The molecule has 0 atom stereocenters. The fourth-order valence-electron chi connectivity index (χ4n) is 2.50. The molecule has 29 heavy (non-hydrogen) atoms. The Morgan fingerprint density at radius 3 is 2.72 bits per heavy atom. The van der Waals surface area contributed by atoms with Crippen LogP contribution < -0.4 is 14.8 Å². The van der Waals surface area contributed by atoms with Crippen LogP contribution in [0.3, 0.4) is 0 Å². The Labute approximate surface area is 178 Å². The highest BCUT2D eigenvalue weighted by Crippen LogP contribution is 2.34. The van der Waals surface area contributed by atoms with Crippen LogP contribution in [0.4, 0.5) is 0 Å². The number of aliphatic carboxylic acids is 1. The van der Waals surface area contributed by atoms with Gasteiger partial charge in [0, 0.05) is 19.5 Å². The lowest BCUT2D eigenvalue weighted by atomic mass is 10.2. The molecule has 0 unspecified atom stereocenters. The van der Waals surface area contributed by atoms with Crippen LogP contribution in [0.1, 0.15) is 25.3 Å². The number of ether oxygens (including phenoxy) is 2. The molecule has 1 aromatic carbocycles. The molecule has 156 valence electrons. The van der Waals surface area contributed by atoms with Crippen LogP contribution in [0.25, 0.3) is 6.08 Å². The molecule has 0 aromatic heterocycles. The van der Waals surface area contributed by atoms with Crippen molar-refractivity contribution in [2.45, 2.75) is 19.8 Å². The minimum Gasteiger partial charge on any atom is -0.493 e. The molecule has 1 heterocycles. The number of hydrogen-bond donors (Lipinski definition) is 2. The van der Waals surface area contributed by atoms with Gasteiger partial charge in [0.25, 0.3) is 5.91 Å². The predicted molar refractivity (Wildman–Crippen MR) is 114 cm³/mol. The number of carboxylic acid groups (broad SMARTS) is 1. The third-order valence-corrected chi connectivity index (χ3v) is 5.26. The first kappa shape index (κ1) is 22.7. The van der Waals surface area contributed by atoms with E-state index in [0.29, 0.717) is 27.3 Å². The lowest BCUT2D eigenvalue weighted by Crippen LogP contribution is -2.34. The Kier molecular flexibility index (Phi) is 8.47. The molecular formula is C19H22N2O6S2. The maximum atomic E-state index is 12.6. The molecule has 1 aliphatic rings. The minimum atomic E-state index is -0.988. The van der Waals surface area contributed by atoms with Crippen LogP contribution in [0.5, 0.6) is 11.5 Å². The van der Waals surface area contributed by atoms with Crippen molar-refractivity contribution in [3.8, 4) is 11.5 Å². The van der Waals surface area contributed by atoms with Crippen LogP contribution in [-0.4, -0.2) is 58.9 Å². The van der Waals surface area contributed by atoms with Crippen LogP contribution >= 0.6 is 24.0 Å². The molecule has 0 aliphatic carbocycles. The minimum absolute atomic E-state index is 0.0379. The topological polar surface area (TPSA) is 105 Å². The summed E-state index contributed by atoms with van der Waals surface area (Å²) in [6, 6.07) is 5.36. The Hall–Kier alpha value is -2.59. The van der Waals surface area contributed by atoms with E-state index in [1.807, 2.05) is 13.0 Å². The van der Waals surface area contributed by atoms with Crippen LogP contribution in [-0.2, 0) is 14.4 Å². The number of nitrogens with zero attached hydrogens (tertiary/aromatic N) is 1. The lowest BCUT2D eigenvalue weighted by molar-refractivity contribution is -0.136. The van der Waals surface area contributed by atoms with Crippen molar-refractivity contribution in [1.82, 2.24) is 10.2 Å². The fourth-order valence-corrected chi connectivity index (χ4v) is 3.81. The highest BCUT2D eigenvalue weighted by molar-refractivity contribution is 8.26. The van der Waals surface area contributed by atoms with Crippen LogP contribution in [0, 0.1) is 0 Å². The number of hydrogen-bond acceptors (Lipinski definition) is 7. The van der Waals surface area contributed by atoms with E-state index in [2.05, 4.69) is 5.32 Å². The Balaban J connectivity index is 2.00. The molecule has 2 N–H and O–H groups in total. The molecule has 0 spiro atoms. The molecule has 0 radical (unpaired) electrons. The van der Waals surface area contributed by atoms with E-state index in [1.165, 1.54) is 16.7 Å². The summed E-state index contributed by atoms with van der Waals surface area (Å²) in [4.78, 5) is 36.7. The highest BCUT2D eigenvalue weighted by atomic mass is 32.2. The average molecular weight is 439 g/mol. The fraction of sp³-hybridized carbons (Fsp3) is 0.368. The molecule has 10 heteroatoms. The third-order valence-electron chi connectivity index (χ3n) is 3.88. The average Bonchev–Trinajstić information content (AvgIpc) is 2.94. The summed E-state index contributed by atoms with van der Waals surface area (Å²) >= 11 is 6.43. The Bertz CT molecular complexity index is 840. The number of amides is 2. The van der Waals surface area contributed by atoms with Gasteiger partial charge < -0.3 is 19.9 Å². The number of thioether (sulfide) groups is 1. The maximum absolute atomic E-state index is 12.6. The zero-order chi connectivity index (χ0) is 21.4. The van der Waals surface area contributed by atoms with Crippen molar-refractivity contribution in [3.05, 3.63) is 28.7 Å². The summed E-state index contributed by atoms with van der Waals surface area (Å²) in [6.45, 7) is 2.57. The van der Waals surface area contributed by atoms with Gasteiger partial charge >= 0.3 is 5.97 Å². The second-order valence-electron chi connectivity index (χ2n) is 5.92. The van der Waals surface area contributed by atoms with E-state index < -0.39 is 5.97 Å². The largest absolute Gasteiger partial charge is 0.493 e. The first-order valence-electron chi connectivity index (χ1n) is 8.90. The number of methoxy groups -OCH3 is 1. The number of nitrogens with one attached hydrogen (secondary N) is 1. The molecule has 1 aromatic rings. The third kappa shape index (κ3) is 6.47. The molecule has 0 bridgehead atoms. The first-order chi connectivity index (χ1) is 13.8. The van der Waals surface area contributed by atoms with E-state index in [4.69, 9.17) is 26.8 Å². The summed E-state index contributed by atoms with van der Waals surface area (Å²) in [6.07, 6.45) is 1.60. The molecule has 1 aliphatic heterocycles. The molecule has 2 rings (SSSR count). The first-order valence-corrected chi connectivity index (χ1v) is 10.1. The number of carbonyl (C=O) groups excluding carboxylic acids is 2. The van der Waals surface area contributed by atoms with Crippen molar-refractivity contribution in [3.63, 3.8) is 0 Å². The second kappa shape index (κ2) is 10.8. The standard InChI is InChI=1S/C19H22N2O6S2/c1-3-27-13-5-4-12(10-14(13)26-2)11-15-18(25)21(19(28)29-15)9-7-16(22)20-8-6-17(23)24/h4-5,10-11H,3,6-9H2,1-2H3,(H,20,22)(H,23,24)/b15-11+. The number of benzene rings is 1. The van der Waals surface area contributed by atoms with Crippen LogP contribution in [0.15, 0.2) is 23.1 Å². The van der Waals surface area contributed by atoms with E-state index in [-0.39, 0.29) is 37.7 Å². The summed E-state index contributed by atoms with van der Waals surface area (Å²) in [5.74, 6) is -0.410. The number of carbonyl (C=O) groups is 3. The Morgan fingerprint density at radius 1 is 1.31 bits per heavy atom. The van der Waals surface area contributed by atoms with Crippen LogP contribution in [0.2, 0.25) is 0 Å². The Morgan fingerprint density at radius 2 is 2.07 bits per heavy atom. The van der Waals surface area contributed by atoms with Gasteiger partial charge in [0.1, 0.15) is 4.32 Å². The number of carboxylic acids is 1. The van der Waals surface area contributed by atoms with Gasteiger partial charge in [-0.2, -0.15) is 0 Å². The molecule has 1 fully saturated rings. The summed E-state index contributed by atoms with van der Waals surface area (Å²) in [5.41, 5.74) is 0.761. The molecular weight excluding hydrogens is 416 g/mol. The highest BCUT2D eigenvalue weighted by Gasteiger charge is 2.32. The van der Waals surface area contributed by atoms with E-state index in [1.54, 1.807) is 25.3 Å². The van der Waals surface area contributed by atoms with Crippen molar-refractivity contribution in [2.75, 3.05) is 26.8 Å². The van der Waals surface area contributed by atoms with Crippen molar-refractivity contribution < 1.29 is 29.0 Å². The summed E-state index contributed by atoms with van der Waals surface area (Å²) in [5, 5.41) is 11.1. The zero-order valence-electron chi connectivity index (χ0n) is 16.1.